The van der Waals surface area contributed by atoms with E-state index < -0.39 is 0 Å². The first-order chi connectivity index (χ1) is 15.0. The van der Waals surface area contributed by atoms with Crippen LogP contribution in [-0.2, 0) is 27.5 Å². The second kappa shape index (κ2) is 9.92. The lowest BCUT2D eigenvalue weighted by molar-refractivity contribution is -0.140. The number of rotatable bonds is 7. The summed E-state index contributed by atoms with van der Waals surface area (Å²) in [5.41, 5.74) is 2.24. The number of aliphatic hydroxyl groups is 1. The Kier molecular flexibility index (Phi) is 7.02. The van der Waals surface area contributed by atoms with Crippen LogP contribution in [0.3, 0.4) is 0 Å². The van der Waals surface area contributed by atoms with Crippen molar-refractivity contribution in [2.75, 3.05) is 19.6 Å². The molecule has 4 rings (SSSR count). The standard InChI is InChI=1S/C24H33N3O4/c28-19-9-12-26(13-10-19)16-18-7-5-17(6-8-18)15-25-22(29)11-14-27-23(30)20-3-1-2-4-21(20)24(27)31/h5-8,19-21,28H,1-4,9-16H2,(H,25,29). The Bertz CT molecular complexity index is 778. The number of carbonyl (C=O) groups is 3. The number of amides is 3. The van der Waals surface area contributed by atoms with E-state index in [0.717, 1.165) is 63.7 Å². The molecule has 3 fully saturated rings. The Hall–Kier alpha value is -2.25. The Labute approximate surface area is 183 Å². The molecule has 1 saturated carbocycles. The van der Waals surface area contributed by atoms with Crippen molar-refractivity contribution in [2.24, 2.45) is 11.8 Å². The van der Waals surface area contributed by atoms with Crippen molar-refractivity contribution in [3.05, 3.63) is 35.4 Å². The van der Waals surface area contributed by atoms with Crippen molar-refractivity contribution in [3.8, 4) is 0 Å². The highest BCUT2D eigenvalue weighted by atomic mass is 16.3. The molecule has 1 aromatic rings. The number of benzene rings is 1. The average Bonchev–Trinajstić information content (AvgIpc) is 3.03. The average molecular weight is 428 g/mol. The largest absolute Gasteiger partial charge is 0.393 e. The zero-order valence-corrected chi connectivity index (χ0v) is 18.1. The molecule has 3 aliphatic rings. The van der Waals surface area contributed by atoms with E-state index in [2.05, 4.69) is 22.3 Å². The third-order valence-corrected chi connectivity index (χ3v) is 6.97. The molecule has 0 aromatic heterocycles. The fourth-order valence-electron chi connectivity index (χ4n) is 5.05. The van der Waals surface area contributed by atoms with Crippen molar-refractivity contribution in [1.82, 2.24) is 15.1 Å². The van der Waals surface area contributed by atoms with Gasteiger partial charge in [0.05, 0.1) is 17.9 Å². The number of fused-ring (bicyclic) bond motifs is 1. The summed E-state index contributed by atoms with van der Waals surface area (Å²) in [6.07, 6.45) is 5.27. The lowest BCUT2D eigenvalue weighted by Gasteiger charge is -2.29. The molecule has 1 aliphatic carbocycles. The summed E-state index contributed by atoms with van der Waals surface area (Å²) >= 11 is 0. The Morgan fingerprint density at radius 3 is 2.13 bits per heavy atom. The third kappa shape index (κ3) is 5.33. The minimum atomic E-state index is -0.159. The molecule has 7 heteroatoms. The number of piperidine rings is 1. The van der Waals surface area contributed by atoms with Crippen molar-refractivity contribution in [1.29, 1.82) is 0 Å². The number of hydrogen-bond acceptors (Lipinski definition) is 5. The van der Waals surface area contributed by atoms with E-state index in [1.165, 1.54) is 10.5 Å². The maximum atomic E-state index is 12.5. The van der Waals surface area contributed by atoms with Crippen molar-refractivity contribution in [3.63, 3.8) is 0 Å². The van der Waals surface area contributed by atoms with Crippen LogP contribution in [0.25, 0.3) is 0 Å². The summed E-state index contributed by atoms with van der Waals surface area (Å²) in [7, 11) is 0. The molecule has 1 aromatic carbocycles. The van der Waals surface area contributed by atoms with Gasteiger partial charge in [-0.1, -0.05) is 37.1 Å². The first-order valence-electron chi connectivity index (χ1n) is 11.6. The van der Waals surface area contributed by atoms with Gasteiger partial charge in [-0.15, -0.1) is 0 Å². The van der Waals surface area contributed by atoms with Gasteiger partial charge in [-0.3, -0.25) is 24.2 Å². The van der Waals surface area contributed by atoms with Crippen LogP contribution >= 0.6 is 0 Å². The van der Waals surface area contributed by atoms with Crippen LogP contribution in [0.4, 0.5) is 0 Å². The van der Waals surface area contributed by atoms with Gasteiger partial charge in [-0.05, 0) is 36.8 Å². The zero-order chi connectivity index (χ0) is 21.8. The molecule has 31 heavy (non-hydrogen) atoms. The van der Waals surface area contributed by atoms with Crippen LogP contribution in [0.15, 0.2) is 24.3 Å². The number of nitrogens with one attached hydrogen (secondary N) is 1. The molecule has 168 valence electrons. The molecule has 2 N–H and O–H groups in total. The van der Waals surface area contributed by atoms with Gasteiger partial charge in [0.1, 0.15) is 0 Å². The Balaban J connectivity index is 1.19. The van der Waals surface area contributed by atoms with E-state index in [0.29, 0.717) is 6.54 Å². The molecular weight excluding hydrogens is 394 g/mol. The summed E-state index contributed by atoms with van der Waals surface area (Å²) in [5.74, 6) is -0.621. The van der Waals surface area contributed by atoms with Gasteiger partial charge < -0.3 is 10.4 Å². The van der Waals surface area contributed by atoms with Gasteiger partial charge in [0.2, 0.25) is 17.7 Å². The van der Waals surface area contributed by atoms with Gasteiger partial charge in [0.25, 0.3) is 0 Å². The first kappa shape index (κ1) is 22.0. The Morgan fingerprint density at radius 1 is 0.935 bits per heavy atom. The minimum Gasteiger partial charge on any atom is -0.393 e. The van der Waals surface area contributed by atoms with Crippen LogP contribution in [0, 0.1) is 11.8 Å². The number of hydrogen-bond donors (Lipinski definition) is 2. The maximum Gasteiger partial charge on any atom is 0.233 e. The normalized spacial score (nSPS) is 25.0. The number of nitrogens with zero attached hydrogens (tertiary/aromatic N) is 2. The molecule has 3 amide bonds. The third-order valence-electron chi connectivity index (χ3n) is 6.97. The van der Waals surface area contributed by atoms with Gasteiger partial charge >= 0.3 is 0 Å². The van der Waals surface area contributed by atoms with E-state index in [-0.39, 0.29) is 48.6 Å². The number of imide groups is 1. The number of aliphatic hydroxyl groups excluding tert-OH is 1. The predicted molar refractivity (Wildman–Crippen MR) is 116 cm³/mol. The summed E-state index contributed by atoms with van der Waals surface area (Å²) < 4.78 is 0. The number of carbonyl (C=O) groups excluding carboxylic acids is 3. The van der Waals surface area contributed by atoms with Crippen LogP contribution in [0.1, 0.15) is 56.1 Å². The highest BCUT2D eigenvalue weighted by Crippen LogP contribution is 2.37. The minimum absolute atomic E-state index is 0.0821. The molecule has 2 heterocycles. The van der Waals surface area contributed by atoms with Gasteiger partial charge in [0.15, 0.2) is 0 Å². The predicted octanol–water partition coefficient (Wildman–Crippen LogP) is 1.82. The van der Waals surface area contributed by atoms with Crippen molar-refractivity contribution in [2.45, 2.75) is 64.1 Å². The highest BCUT2D eigenvalue weighted by molar-refractivity contribution is 6.05. The summed E-state index contributed by atoms with van der Waals surface area (Å²) in [6, 6.07) is 8.20. The molecule has 2 saturated heterocycles. The van der Waals surface area contributed by atoms with E-state index >= 15 is 0 Å². The van der Waals surface area contributed by atoms with Crippen LogP contribution in [0.2, 0.25) is 0 Å². The molecule has 2 unspecified atom stereocenters. The SMILES string of the molecule is O=C(CCN1C(=O)C2CCCCC2C1=O)NCc1ccc(CN2CCC(O)CC2)cc1. The molecule has 2 aliphatic heterocycles. The molecular formula is C24H33N3O4. The van der Waals surface area contributed by atoms with E-state index in [1.807, 2.05) is 12.1 Å². The number of likely N-dealkylation sites (tertiary alicyclic amines) is 2. The van der Waals surface area contributed by atoms with E-state index in [1.54, 1.807) is 0 Å². The fourth-order valence-corrected chi connectivity index (χ4v) is 5.05. The molecule has 0 spiro atoms. The van der Waals surface area contributed by atoms with Gasteiger partial charge in [0, 0.05) is 39.1 Å². The Morgan fingerprint density at radius 2 is 1.52 bits per heavy atom. The van der Waals surface area contributed by atoms with Crippen LogP contribution in [0.5, 0.6) is 0 Å². The quantitative estimate of drug-likeness (QED) is 0.648. The maximum absolute atomic E-state index is 12.5. The van der Waals surface area contributed by atoms with Crippen LogP contribution in [-0.4, -0.2) is 58.4 Å². The zero-order valence-electron chi connectivity index (χ0n) is 18.1. The van der Waals surface area contributed by atoms with E-state index in [4.69, 9.17) is 0 Å². The summed E-state index contributed by atoms with van der Waals surface area (Å²) in [5, 5.41) is 12.5. The van der Waals surface area contributed by atoms with Gasteiger partial charge in [-0.2, -0.15) is 0 Å². The summed E-state index contributed by atoms with van der Waals surface area (Å²) in [6.45, 7) is 3.33. The smallest absolute Gasteiger partial charge is 0.233 e. The second-order valence-electron chi connectivity index (χ2n) is 9.18. The topological polar surface area (TPSA) is 90.0 Å². The van der Waals surface area contributed by atoms with Crippen LogP contribution < -0.4 is 5.32 Å². The van der Waals surface area contributed by atoms with E-state index in [9.17, 15) is 19.5 Å². The summed E-state index contributed by atoms with van der Waals surface area (Å²) in [4.78, 5) is 40.9. The van der Waals surface area contributed by atoms with Gasteiger partial charge in [-0.25, -0.2) is 0 Å². The lowest BCUT2D eigenvalue weighted by atomic mass is 9.81. The molecule has 2 atom stereocenters. The highest BCUT2D eigenvalue weighted by Gasteiger charge is 2.47. The van der Waals surface area contributed by atoms with Crippen molar-refractivity contribution < 1.29 is 19.5 Å². The molecule has 0 radical (unpaired) electrons. The molecule has 0 bridgehead atoms. The molecule has 7 nitrogen and oxygen atoms in total. The first-order valence-corrected chi connectivity index (χ1v) is 11.6. The lowest BCUT2D eigenvalue weighted by Crippen LogP contribution is -2.35. The monoisotopic (exact) mass is 427 g/mol. The second-order valence-corrected chi connectivity index (χ2v) is 9.18. The fraction of sp³-hybridized carbons (Fsp3) is 0.625. The van der Waals surface area contributed by atoms with Crippen molar-refractivity contribution >= 4 is 17.7 Å².